The summed E-state index contributed by atoms with van der Waals surface area (Å²) < 4.78 is 21.9. The summed E-state index contributed by atoms with van der Waals surface area (Å²) >= 11 is 0. The number of aromatic nitrogens is 3. The molecule has 2 atom stereocenters. The first-order valence-electron chi connectivity index (χ1n) is 11.5. The summed E-state index contributed by atoms with van der Waals surface area (Å²) in [5.41, 5.74) is 0.640. The zero-order chi connectivity index (χ0) is 23.4. The summed E-state index contributed by atoms with van der Waals surface area (Å²) in [7, 11) is 0. The summed E-state index contributed by atoms with van der Waals surface area (Å²) in [6.07, 6.45) is 2.44. The number of nitrogens with zero attached hydrogens (tertiary/aromatic N) is 4. The minimum Gasteiger partial charge on any atom is -0.381 e. The van der Waals surface area contributed by atoms with Crippen molar-refractivity contribution < 1.29 is 18.7 Å². The average molecular weight is 456 g/mol. The van der Waals surface area contributed by atoms with Gasteiger partial charge in [-0.05, 0) is 24.0 Å². The zero-order valence-electron chi connectivity index (χ0n) is 19.0. The standard InChI is InChI=1S/C24H30FN5O3/c1-16(2)21(26-23(31)18-9-13-33-15-18)22-28-27-20-8-10-29(11-12-30(20)22)24(32)19(25)14-17-6-4-3-5-7-17/h3-7,14,16,18,21H,8-13,15H2,1-2H3,(H,26,31)/b19-14-/t18-,21+/m1/s1. The molecule has 1 aromatic heterocycles. The SMILES string of the molecule is CC(C)[C@H](NC(=O)[C@@H]1CCOC1)c1nnc2n1CCN(C(=O)/C(F)=C/c1ccccc1)CC2. The molecule has 0 bridgehead atoms. The Morgan fingerprint density at radius 3 is 2.67 bits per heavy atom. The maximum atomic E-state index is 14.6. The first-order valence-corrected chi connectivity index (χ1v) is 11.5. The van der Waals surface area contributed by atoms with Crippen LogP contribution in [0.25, 0.3) is 6.08 Å². The first kappa shape index (κ1) is 23.1. The summed E-state index contributed by atoms with van der Waals surface area (Å²) in [5.74, 6) is -0.109. The van der Waals surface area contributed by atoms with Gasteiger partial charge in [-0.15, -0.1) is 10.2 Å². The molecule has 8 nitrogen and oxygen atoms in total. The molecule has 2 aromatic rings. The monoisotopic (exact) mass is 455 g/mol. The normalized spacial score (nSPS) is 19.8. The lowest BCUT2D eigenvalue weighted by Crippen LogP contribution is -2.38. The van der Waals surface area contributed by atoms with E-state index in [0.29, 0.717) is 57.1 Å². The van der Waals surface area contributed by atoms with Crippen molar-refractivity contribution >= 4 is 17.9 Å². The van der Waals surface area contributed by atoms with Crippen molar-refractivity contribution in [3.8, 4) is 0 Å². The Morgan fingerprint density at radius 2 is 1.97 bits per heavy atom. The van der Waals surface area contributed by atoms with Crippen LogP contribution in [0.15, 0.2) is 36.2 Å². The Kier molecular flexibility index (Phi) is 7.17. The van der Waals surface area contributed by atoms with Gasteiger partial charge < -0.3 is 19.5 Å². The molecule has 0 radical (unpaired) electrons. The third kappa shape index (κ3) is 5.30. The van der Waals surface area contributed by atoms with E-state index in [1.807, 2.05) is 24.5 Å². The quantitative estimate of drug-likeness (QED) is 0.676. The fraction of sp³-hybridized carbons (Fsp3) is 0.500. The molecule has 1 N–H and O–H groups in total. The van der Waals surface area contributed by atoms with Crippen LogP contribution in [-0.2, 0) is 27.3 Å². The number of amides is 2. The van der Waals surface area contributed by atoms with Crippen LogP contribution in [0.4, 0.5) is 4.39 Å². The van der Waals surface area contributed by atoms with Crippen LogP contribution >= 0.6 is 0 Å². The third-order valence-electron chi connectivity index (χ3n) is 6.18. The molecule has 2 amide bonds. The number of rotatable bonds is 6. The van der Waals surface area contributed by atoms with Gasteiger partial charge in [0, 0.05) is 32.7 Å². The van der Waals surface area contributed by atoms with Gasteiger partial charge in [-0.25, -0.2) is 4.39 Å². The average Bonchev–Trinajstić information content (AvgIpc) is 3.44. The smallest absolute Gasteiger partial charge is 0.282 e. The first-order chi connectivity index (χ1) is 15.9. The molecule has 0 spiro atoms. The van der Waals surface area contributed by atoms with E-state index in [1.54, 1.807) is 24.3 Å². The molecule has 0 saturated carbocycles. The number of benzene rings is 1. The number of nitrogens with one attached hydrogen (secondary N) is 1. The minimum absolute atomic E-state index is 0.0397. The molecule has 3 heterocycles. The van der Waals surface area contributed by atoms with Gasteiger partial charge in [-0.3, -0.25) is 9.59 Å². The molecule has 1 saturated heterocycles. The Hall–Kier alpha value is -3.07. The Morgan fingerprint density at radius 1 is 1.18 bits per heavy atom. The molecule has 4 rings (SSSR count). The van der Waals surface area contributed by atoms with Crippen LogP contribution in [0.5, 0.6) is 0 Å². The van der Waals surface area contributed by atoms with E-state index in [0.717, 1.165) is 5.82 Å². The molecular formula is C24H30FN5O3. The van der Waals surface area contributed by atoms with Gasteiger partial charge in [0.1, 0.15) is 5.82 Å². The Balaban J connectivity index is 1.47. The number of ether oxygens (including phenoxy) is 1. The number of fused-ring (bicyclic) bond motifs is 1. The van der Waals surface area contributed by atoms with Crippen LogP contribution in [0.2, 0.25) is 0 Å². The second kappa shape index (κ2) is 10.2. The van der Waals surface area contributed by atoms with Gasteiger partial charge in [-0.2, -0.15) is 0 Å². The van der Waals surface area contributed by atoms with E-state index in [-0.39, 0.29) is 23.8 Å². The molecule has 1 aromatic carbocycles. The zero-order valence-corrected chi connectivity index (χ0v) is 19.0. The number of carbonyl (C=O) groups excluding carboxylic acids is 2. The molecular weight excluding hydrogens is 425 g/mol. The van der Waals surface area contributed by atoms with Gasteiger partial charge in [-0.1, -0.05) is 44.2 Å². The maximum Gasteiger partial charge on any atom is 0.282 e. The lowest BCUT2D eigenvalue weighted by Gasteiger charge is -2.24. The molecule has 2 aliphatic rings. The topological polar surface area (TPSA) is 89.3 Å². The number of halogens is 1. The van der Waals surface area contributed by atoms with Crippen molar-refractivity contribution in [3.05, 3.63) is 53.4 Å². The Bertz CT molecular complexity index is 1010. The largest absolute Gasteiger partial charge is 0.381 e. The van der Waals surface area contributed by atoms with Crippen molar-refractivity contribution in [2.75, 3.05) is 26.3 Å². The molecule has 2 aliphatic heterocycles. The highest BCUT2D eigenvalue weighted by molar-refractivity contribution is 5.95. The Labute approximate surface area is 192 Å². The van der Waals surface area contributed by atoms with E-state index in [2.05, 4.69) is 15.5 Å². The van der Waals surface area contributed by atoms with E-state index in [9.17, 15) is 14.0 Å². The fourth-order valence-corrected chi connectivity index (χ4v) is 4.23. The number of hydrogen-bond acceptors (Lipinski definition) is 5. The van der Waals surface area contributed by atoms with Gasteiger partial charge in [0.15, 0.2) is 11.7 Å². The summed E-state index contributed by atoms with van der Waals surface area (Å²) in [6.45, 7) is 6.21. The lowest BCUT2D eigenvalue weighted by molar-refractivity contribution is -0.128. The number of hydrogen-bond donors (Lipinski definition) is 1. The molecule has 176 valence electrons. The minimum atomic E-state index is -0.787. The summed E-state index contributed by atoms with van der Waals surface area (Å²) in [6, 6.07) is 8.63. The van der Waals surface area contributed by atoms with E-state index in [4.69, 9.17) is 4.74 Å². The van der Waals surface area contributed by atoms with Gasteiger partial charge >= 0.3 is 0 Å². The van der Waals surface area contributed by atoms with Crippen molar-refractivity contribution in [1.29, 1.82) is 0 Å². The highest BCUT2D eigenvalue weighted by Crippen LogP contribution is 2.24. The van der Waals surface area contributed by atoms with E-state index < -0.39 is 11.7 Å². The van der Waals surface area contributed by atoms with Gasteiger partial charge in [0.05, 0.1) is 18.6 Å². The third-order valence-corrected chi connectivity index (χ3v) is 6.18. The second-order valence-corrected chi connectivity index (χ2v) is 8.86. The highest BCUT2D eigenvalue weighted by Gasteiger charge is 2.32. The van der Waals surface area contributed by atoms with Crippen LogP contribution in [0.3, 0.4) is 0 Å². The molecule has 9 heteroatoms. The second-order valence-electron chi connectivity index (χ2n) is 8.86. The fourth-order valence-electron chi connectivity index (χ4n) is 4.23. The lowest BCUT2D eigenvalue weighted by atomic mass is 10.0. The molecule has 0 aliphatic carbocycles. The van der Waals surface area contributed by atoms with E-state index in [1.165, 1.54) is 11.0 Å². The molecule has 33 heavy (non-hydrogen) atoms. The maximum absolute atomic E-state index is 14.6. The van der Waals surface area contributed by atoms with Crippen molar-refractivity contribution in [3.63, 3.8) is 0 Å². The number of carbonyl (C=O) groups is 2. The van der Waals surface area contributed by atoms with Crippen molar-refractivity contribution in [2.24, 2.45) is 11.8 Å². The summed E-state index contributed by atoms with van der Waals surface area (Å²) in [4.78, 5) is 26.9. The van der Waals surface area contributed by atoms with Crippen LogP contribution in [0, 0.1) is 11.8 Å². The van der Waals surface area contributed by atoms with Gasteiger partial charge in [0.2, 0.25) is 5.91 Å². The highest BCUT2D eigenvalue weighted by atomic mass is 19.1. The van der Waals surface area contributed by atoms with E-state index >= 15 is 0 Å². The van der Waals surface area contributed by atoms with Crippen molar-refractivity contribution in [2.45, 2.75) is 39.3 Å². The van der Waals surface area contributed by atoms with Crippen molar-refractivity contribution in [1.82, 2.24) is 25.0 Å². The molecule has 1 fully saturated rings. The predicted octanol–water partition coefficient (Wildman–Crippen LogP) is 2.52. The summed E-state index contributed by atoms with van der Waals surface area (Å²) in [5, 5.41) is 11.8. The molecule has 0 unspecified atom stereocenters. The van der Waals surface area contributed by atoms with Crippen LogP contribution in [-0.4, -0.2) is 57.8 Å². The van der Waals surface area contributed by atoms with Crippen LogP contribution < -0.4 is 5.32 Å². The van der Waals surface area contributed by atoms with Crippen LogP contribution in [0.1, 0.15) is 43.5 Å². The van der Waals surface area contributed by atoms with Gasteiger partial charge in [0.25, 0.3) is 5.91 Å². The predicted molar refractivity (Wildman–Crippen MR) is 120 cm³/mol.